The summed E-state index contributed by atoms with van der Waals surface area (Å²) < 4.78 is 6.54. The van der Waals surface area contributed by atoms with Crippen molar-refractivity contribution in [1.82, 2.24) is 9.55 Å². The zero-order chi connectivity index (χ0) is 20.1. The highest BCUT2D eigenvalue weighted by Crippen LogP contribution is 2.32. The average molecular weight is 424 g/mol. The minimum atomic E-state index is -0.489. The van der Waals surface area contributed by atoms with Gasteiger partial charge in [0.05, 0.1) is 24.0 Å². The van der Waals surface area contributed by atoms with Gasteiger partial charge in [0, 0.05) is 6.04 Å². The van der Waals surface area contributed by atoms with Gasteiger partial charge >= 0.3 is 5.97 Å². The van der Waals surface area contributed by atoms with Gasteiger partial charge in [-0.05, 0) is 31.2 Å². The normalized spacial score (nSPS) is 14.2. The second-order valence-corrected chi connectivity index (χ2v) is 8.12. The van der Waals surface area contributed by atoms with Gasteiger partial charge in [0.2, 0.25) is 11.8 Å². The molecule has 0 saturated heterocycles. The average Bonchev–Trinajstić information content (AvgIpc) is 3.31. The van der Waals surface area contributed by atoms with E-state index in [4.69, 9.17) is 4.74 Å². The number of nitrogens with zero attached hydrogens (tertiary/aromatic N) is 2. The van der Waals surface area contributed by atoms with Crippen LogP contribution in [0, 0.1) is 0 Å². The Morgan fingerprint density at radius 2 is 2.18 bits per heavy atom. The van der Waals surface area contributed by atoms with Crippen LogP contribution in [0.5, 0.6) is 5.88 Å². The van der Waals surface area contributed by atoms with E-state index in [0.29, 0.717) is 15.7 Å². The van der Waals surface area contributed by atoms with Crippen molar-refractivity contribution in [2.24, 2.45) is 0 Å². The molecule has 0 spiro atoms. The van der Waals surface area contributed by atoms with Gasteiger partial charge in [0.15, 0.2) is 5.16 Å². The molecule has 28 heavy (non-hydrogen) atoms. The Balaban J connectivity index is 1.69. The number of rotatable bonds is 7. The number of aromatic hydroxyl groups is 1. The SMILES string of the molecule is CCOC(=O)c1ccsc1NC(=O)CSc1nc(O)cc(=O)n1C1CCCC1. The molecule has 3 rings (SSSR count). The fourth-order valence-electron chi connectivity index (χ4n) is 3.13. The highest BCUT2D eigenvalue weighted by Gasteiger charge is 2.23. The maximum absolute atomic E-state index is 12.4. The minimum Gasteiger partial charge on any atom is -0.493 e. The lowest BCUT2D eigenvalue weighted by atomic mass is 10.2. The Morgan fingerprint density at radius 3 is 2.89 bits per heavy atom. The van der Waals surface area contributed by atoms with Gasteiger partial charge in [0.1, 0.15) is 5.00 Å². The summed E-state index contributed by atoms with van der Waals surface area (Å²) in [5, 5.41) is 14.8. The fraction of sp³-hybridized carbons (Fsp3) is 0.444. The van der Waals surface area contributed by atoms with E-state index in [9.17, 15) is 19.5 Å². The summed E-state index contributed by atoms with van der Waals surface area (Å²) in [6.45, 7) is 1.96. The molecule has 1 aliphatic carbocycles. The molecule has 0 atom stereocenters. The van der Waals surface area contributed by atoms with Crippen LogP contribution < -0.4 is 10.9 Å². The quantitative estimate of drug-likeness (QED) is 0.400. The van der Waals surface area contributed by atoms with E-state index in [2.05, 4.69) is 10.3 Å². The van der Waals surface area contributed by atoms with Gasteiger partial charge in [-0.3, -0.25) is 14.2 Å². The molecule has 2 aromatic heterocycles. The molecular weight excluding hydrogens is 402 g/mol. The third-order valence-corrected chi connectivity index (χ3v) is 6.12. The first kappa shape index (κ1) is 20.4. The Kier molecular flexibility index (Phi) is 6.74. The number of anilines is 1. The van der Waals surface area contributed by atoms with E-state index in [-0.39, 0.29) is 35.7 Å². The third-order valence-electron chi connectivity index (χ3n) is 4.34. The predicted molar refractivity (Wildman–Crippen MR) is 107 cm³/mol. The van der Waals surface area contributed by atoms with Crippen LogP contribution in [0.1, 0.15) is 49.0 Å². The van der Waals surface area contributed by atoms with Crippen LogP contribution >= 0.6 is 23.1 Å². The molecule has 150 valence electrons. The lowest BCUT2D eigenvalue weighted by Crippen LogP contribution is -2.26. The molecule has 10 heteroatoms. The summed E-state index contributed by atoms with van der Waals surface area (Å²) >= 11 is 2.31. The first-order chi connectivity index (χ1) is 13.5. The monoisotopic (exact) mass is 423 g/mol. The van der Waals surface area contributed by atoms with E-state index < -0.39 is 5.97 Å². The molecule has 1 amide bonds. The van der Waals surface area contributed by atoms with Gasteiger partial charge in [-0.25, -0.2) is 4.79 Å². The second-order valence-electron chi connectivity index (χ2n) is 6.26. The van der Waals surface area contributed by atoms with E-state index in [0.717, 1.165) is 43.5 Å². The Bertz CT molecular complexity index is 918. The lowest BCUT2D eigenvalue weighted by Gasteiger charge is -2.17. The molecule has 2 N–H and O–H groups in total. The van der Waals surface area contributed by atoms with E-state index in [1.165, 1.54) is 11.3 Å². The summed E-state index contributed by atoms with van der Waals surface area (Å²) in [4.78, 5) is 40.6. The number of amides is 1. The number of hydrogen-bond donors (Lipinski definition) is 2. The highest BCUT2D eigenvalue weighted by atomic mass is 32.2. The van der Waals surface area contributed by atoms with Crippen LogP contribution in [0.3, 0.4) is 0 Å². The fourth-order valence-corrected chi connectivity index (χ4v) is 4.79. The van der Waals surface area contributed by atoms with Crippen molar-refractivity contribution >= 4 is 40.0 Å². The van der Waals surface area contributed by atoms with Crippen molar-refractivity contribution in [2.45, 2.75) is 43.8 Å². The molecule has 1 saturated carbocycles. The van der Waals surface area contributed by atoms with E-state index in [1.54, 1.807) is 22.9 Å². The smallest absolute Gasteiger partial charge is 0.341 e. The zero-order valence-electron chi connectivity index (χ0n) is 15.3. The van der Waals surface area contributed by atoms with Gasteiger partial charge in [0.25, 0.3) is 5.56 Å². The first-order valence-electron chi connectivity index (χ1n) is 8.99. The zero-order valence-corrected chi connectivity index (χ0v) is 17.0. The third kappa shape index (κ3) is 4.74. The van der Waals surface area contributed by atoms with Crippen molar-refractivity contribution < 1.29 is 19.4 Å². The summed E-state index contributed by atoms with van der Waals surface area (Å²) in [7, 11) is 0. The molecule has 0 aliphatic heterocycles. The number of carbonyl (C=O) groups excluding carboxylic acids is 2. The van der Waals surface area contributed by atoms with Gasteiger partial charge < -0.3 is 15.2 Å². The van der Waals surface area contributed by atoms with Crippen LogP contribution in [0.4, 0.5) is 5.00 Å². The number of nitrogens with one attached hydrogen (secondary N) is 1. The number of ether oxygens (including phenoxy) is 1. The Labute approximate surface area is 169 Å². The van der Waals surface area contributed by atoms with E-state index >= 15 is 0 Å². The van der Waals surface area contributed by atoms with Crippen molar-refractivity contribution in [3.05, 3.63) is 33.4 Å². The Morgan fingerprint density at radius 1 is 1.43 bits per heavy atom. The summed E-state index contributed by atoms with van der Waals surface area (Å²) in [6, 6.07) is 2.73. The van der Waals surface area contributed by atoms with Crippen LogP contribution in [0.2, 0.25) is 0 Å². The maximum Gasteiger partial charge on any atom is 0.341 e. The molecule has 0 unspecified atom stereocenters. The molecular formula is C18H21N3O5S2. The van der Waals surface area contributed by atoms with Gasteiger partial charge in [-0.2, -0.15) is 4.98 Å². The lowest BCUT2D eigenvalue weighted by molar-refractivity contribution is -0.113. The molecule has 8 nitrogen and oxygen atoms in total. The van der Waals surface area contributed by atoms with Gasteiger partial charge in [-0.15, -0.1) is 11.3 Å². The number of aromatic nitrogens is 2. The number of thiophene rings is 1. The highest BCUT2D eigenvalue weighted by molar-refractivity contribution is 7.99. The molecule has 1 aliphatic rings. The van der Waals surface area contributed by atoms with Crippen molar-refractivity contribution in [3.8, 4) is 5.88 Å². The maximum atomic E-state index is 12.4. The van der Waals surface area contributed by atoms with Crippen molar-refractivity contribution in [2.75, 3.05) is 17.7 Å². The van der Waals surface area contributed by atoms with Crippen molar-refractivity contribution in [1.29, 1.82) is 0 Å². The number of carbonyl (C=O) groups is 2. The molecule has 1 fully saturated rings. The van der Waals surface area contributed by atoms with Crippen LogP contribution in [0.25, 0.3) is 0 Å². The predicted octanol–water partition coefficient (Wildman–Crippen LogP) is 3.03. The summed E-state index contributed by atoms with van der Waals surface area (Å²) in [5.74, 6) is -1.20. The second kappa shape index (κ2) is 9.24. The topological polar surface area (TPSA) is 111 Å². The number of thioether (sulfide) groups is 1. The number of esters is 1. The van der Waals surface area contributed by atoms with E-state index in [1.807, 2.05) is 0 Å². The van der Waals surface area contributed by atoms with Crippen LogP contribution in [-0.2, 0) is 9.53 Å². The molecule has 0 aromatic carbocycles. The van der Waals surface area contributed by atoms with Crippen LogP contribution in [-0.4, -0.2) is 38.9 Å². The summed E-state index contributed by atoms with van der Waals surface area (Å²) in [6.07, 6.45) is 3.84. The van der Waals surface area contributed by atoms with Crippen LogP contribution in [0.15, 0.2) is 27.5 Å². The number of hydrogen-bond acceptors (Lipinski definition) is 8. The molecule has 2 aromatic rings. The minimum absolute atomic E-state index is 0.0111. The first-order valence-corrected chi connectivity index (χ1v) is 10.9. The molecule has 0 radical (unpaired) electrons. The van der Waals surface area contributed by atoms with Crippen molar-refractivity contribution in [3.63, 3.8) is 0 Å². The standard InChI is InChI=1S/C18H21N3O5S2/c1-2-26-17(25)12-7-8-27-16(12)19-14(23)10-28-18-20-13(22)9-15(24)21(18)11-5-3-4-6-11/h7-9,11,22H,2-6,10H2,1H3,(H,19,23). The summed E-state index contributed by atoms with van der Waals surface area (Å²) in [5.41, 5.74) is -0.00583. The molecule has 2 heterocycles. The largest absolute Gasteiger partial charge is 0.493 e. The molecule has 0 bridgehead atoms. The van der Waals surface area contributed by atoms with Gasteiger partial charge in [-0.1, -0.05) is 24.6 Å². The Hall–Kier alpha value is -2.33.